The molecule has 1 rings (SSSR count). The van der Waals surface area contributed by atoms with E-state index in [4.69, 9.17) is 0 Å². The maximum Gasteiger partial charge on any atom is 0.319 e. The molecule has 0 radical (unpaired) electrons. The van der Waals surface area contributed by atoms with Crippen molar-refractivity contribution in [1.82, 2.24) is 5.32 Å². The molecule has 0 unspecified atom stereocenters. The number of amides is 3. The van der Waals surface area contributed by atoms with E-state index in [1.54, 1.807) is 24.3 Å². The Balaban J connectivity index is 2.33. The van der Waals surface area contributed by atoms with Crippen molar-refractivity contribution in [2.75, 3.05) is 10.6 Å². The smallest absolute Gasteiger partial charge is 0.319 e. The molecule has 0 spiro atoms. The van der Waals surface area contributed by atoms with Crippen molar-refractivity contribution in [3.63, 3.8) is 0 Å². The maximum absolute atomic E-state index is 11.9. The summed E-state index contributed by atoms with van der Waals surface area (Å²) in [5.41, 5.74) is 1.41. The zero-order valence-corrected chi connectivity index (χ0v) is 13.7. The number of urea groups is 1. The Labute approximate surface area is 132 Å². The molecule has 5 heteroatoms. The third-order valence-corrected chi connectivity index (χ3v) is 3.33. The van der Waals surface area contributed by atoms with Crippen LogP contribution in [0.3, 0.4) is 0 Å². The van der Waals surface area contributed by atoms with Gasteiger partial charge in [-0.3, -0.25) is 4.79 Å². The largest absolute Gasteiger partial charge is 0.335 e. The van der Waals surface area contributed by atoms with Crippen LogP contribution in [-0.2, 0) is 4.79 Å². The number of carbonyl (C=O) groups excluding carboxylic acids is 2. The average molecular weight is 305 g/mol. The normalized spacial score (nSPS) is 11.6. The van der Waals surface area contributed by atoms with Crippen LogP contribution in [-0.4, -0.2) is 18.0 Å². The quantitative estimate of drug-likeness (QED) is 0.632. The minimum Gasteiger partial charge on any atom is -0.335 e. The van der Waals surface area contributed by atoms with Crippen LogP contribution in [0.4, 0.5) is 16.2 Å². The van der Waals surface area contributed by atoms with Gasteiger partial charge in [-0.2, -0.15) is 0 Å². The predicted molar refractivity (Wildman–Crippen MR) is 91.1 cm³/mol. The molecule has 0 aromatic heterocycles. The second-order valence-corrected chi connectivity index (χ2v) is 5.61. The monoisotopic (exact) mass is 305 g/mol. The van der Waals surface area contributed by atoms with E-state index >= 15 is 0 Å². The molecule has 0 saturated heterocycles. The van der Waals surface area contributed by atoms with E-state index in [9.17, 15) is 9.59 Å². The lowest BCUT2D eigenvalue weighted by Gasteiger charge is -2.14. The Morgan fingerprint density at radius 2 is 1.59 bits per heavy atom. The molecule has 3 amide bonds. The summed E-state index contributed by atoms with van der Waals surface area (Å²) < 4.78 is 0. The van der Waals surface area contributed by atoms with Crippen molar-refractivity contribution < 1.29 is 9.59 Å². The van der Waals surface area contributed by atoms with Crippen molar-refractivity contribution in [2.24, 2.45) is 0 Å². The van der Waals surface area contributed by atoms with E-state index in [0.717, 1.165) is 12.8 Å². The zero-order chi connectivity index (χ0) is 16.4. The number of rotatable bonds is 8. The molecule has 1 atom stereocenters. The number of hydrogen-bond donors (Lipinski definition) is 3. The van der Waals surface area contributed by atoms with Gasteiger partial charge in [0.05, 0.1) is 0 Å². The summed E-state index contributed by atoms with van der Waals surface area (Å²) >= 11 is 0. The van der Waals surface area contributed by atoms with Crippen molar-refractivity contribution in [2.45, 2.75) is 58.9 Å². The van der Waals surface area contributed by atoms with Gasteiger partial charge in [0, 0.05) is 24.3 Å². The van der Waals surface area contributed by atoms with E-state index in [1.807, 2.05) is 6.92 Å². The molecule has 0 aliphatic rings. The lowest BCUT2D eigenvalue weighted by atomic mass is 10.1. The van der Waals surface area contributed by atoms with Gasteiger partial charge in [-0.25, -0.2) is 4.79 Å². The van der Waals surface area contributed by atoms with Crippen molar-refractivity contribution in [3.8, 4) is 0 Å². The Kier molecular flexibility index (Phi) is 8.04. The highest BCUT2D eigenvalue weighted by Crippen LogP contribution is 2.13. The highest BCUT2D eigenvalue weighted by Gasteiger charge is 2.07. The minimum absolute atomic E-state index is 0.115. The molecule has 1 aromatic carbocycles. The number of benzene rings is 1. The van der Waals surface area contributed by atoms with E-state index in [2.05, 4.69) is 22.9 Å². The van der Waals surface area contributed by atoms with Gasteiger partial charge in [-0.1, -0.05) is 32.6 Å². The second-order valence-electron chi connectivity index (χ2n) is 5.61. The maximum atomic E-state index is 11.9. The first-order chi connectivity index (χ1) is 10.5. The molecule has 0 heterocycles. The van der Waals surface area contributed by atoms with Crippen molar-refractivity contribution in [3.05, 3.63) is 24.3 Å². The fourth-order valence-electron chi connectivity index (χ4n) is 2.18. The van der Waals surface area contributed by atoms with Gasteiger partial charge in [0.2, 0.25) is 5.91 Å². The first-order valence-corrected chi connectivity index (χ1v) is 7.96. The average Bonchev–Trinajstić information content (AvgIpc) is 2.45. The molecule has 0 saturated carbocycles. The highest BCUT2D eigenvalue weighted by molar-refractivity contribution is 5.91. The molecule has 22 heavy (non-hydrogen) atoms. The molecule has 3 N–H and O–H groups in total. The van der Waals surface area contributed by atoms with Crippen LogP contribution >= 0.6 is 0 Å². The fourth-order valence-corrected chi connectivity index (χ4v) is 2.18. The van der Waals surface area contributed by atoms with E-state index in [-0.39, 0.29) is 18.0 Å². The molecule has 0 fully saturated rings. The molecule has 0 aliphatic heterocycles. The zero-order valence-electron chi connectivity index (χ0n) is 13.7. The summed E-state index contributed by atoms with van der Waals surface area (Å²) in [5.74, 6) is -0.115. The van der Waals surface area contributed by atoms with Gasteiger partial charge in [-0.15, -0.1) is 0 Å². The number of unbranched alkanes of at least 4 members (excludes halogenated alkanes) is 3. The SMILES string of the molecule is CCCCCC[C@H](C)NC(=O)Nc1ccc(NC(C)=O)cc1. The van der Waals surface area contributed by atoms with Crippen LogP contribution in [0.1, 0.15) is 52.9 Å². The Morgan fingerprint density at radius 3 is 2.14 bits per heavy atom. The number of nitrogens with one attached hydrogen (secondary N) is 3. The van der Waals surface area contributed by atoms with E-state index in [1.165, 1.54) is 26.2 Å². The summed E-state index contributed by atoms with van der Waals surface area (Å²) in [6.07, 6.45) is 5.82. The molecule has 0 aliphatic carbocycles. The van der Waals surface area contributed by atoms with Crippen LogP contribution < -0.4 is 16.0 Å². The Bertz CT molecular complexity index is 471. The van der Waals surface area contributed by atoms with Gasteiger partial charge in [0.1, 0.15) is 0 Å². The topological polar surface area (TPSA) is 70.2 Å². The summed E-state index contributed by atoms with van der Waals surface area (Å²) in [6, 6.07) is 7.00. The molecule has 0 bridgehead atoms. The number of anilines is 2. The van der Waals surface area contributed by atoms with Gasteiger partial charge in [0.25, 0.3) is 0 Å². The molecular formula is C17H27N3O2. The van der Waals surface area contributed by atoms with Gasteiger partial charge in [0.15, 0.2) is 0 Å². The van der Waals surface area contributed by atoms with Gasteiger partial charge in [-0.05, 0) is 37.6 Å². The predicted octanol–water partition coefficient (Wildman–Crippen LogP) is 4.13. The molecular weight excluding hydrogens is 278 g/mol. The van der Waals surface area contributed by atoms with Crippen molar-refractivity contribution in [1.29, 1.82) is 0 Å². The minimum atomic E-state index is -0.199. The third-order valence-electron chi connectivity index (χ3n) is 3.33. The van der Waals surface area contributed by atoms with Crippen LogP contribution in [0.15, 0.2) is 24.3 Å². The van der Waals surface area contributed by atoms with Gasteiger partial charge < -0.3 is 16.0 Å². The summed E-state index contributed by atoms with van der Waals surface area (Å²) in [7, 11) is 0. The summed E-state index contributed by atoms with van der Waals surface area (Å²) in [5, 5.41) is 8.41. The second kappa shape index (κ2) is 9.82. The first kappa shape index (κ1) is 18.0. The summed E-state index contributed by atoms with van der Waals surface area (Å²) in [4.78, 5) is 22.8. The fraction of sp³-hybridized carbons (Fsp3) is 0.529. The Hall–Kier alpha value is -2.04. The van der Waals surface area contributed by atoms with Gasteiger partial charge >= 0.3 is 6.03 Å². The molecule has 122 valence electrons. The molecule has 1 aromatic rings. The lowest BCUT2D eigenvalue weighted by molar-refractivity contribution is -0.114. The Morgan fingerprint density at radius 1 is 1.00 bits per heavy atom. The number of carbonyl (C=O) groups is 2. The van der Waals surface area contributed by atoms with E-state index < -0.39 is 0 Å². The van der Waals surface area contributed by atoms with Crippen LogP contribution in [0.2, 0.25) is 0 Å². The first-order valence-electron chi connectivity index (χ1n) is 7.96. The lowest BCUT2D eigenvalue weighted by Crippen LogP contribution is -2.36. The van der Waals surface area contributed by atoms with Crippen LogP contribution in [0.25, 0.3) is 0 Å². The van der Waals surface area contributed by atoms with Crippen LogP contribution in [0, 0.1) is 0 Å². The molecule has 5 nitrogen and oxygen atoms in total. The summed E-state index contributed by atoms with van der Waals surface area (Å²) in [6.45, 7) is 5.67. The number of hydrogen-bond acceptors (Lipinski definition) is 2. The van der Waals surface area contributed by atoms with Crippen LogP contribution in [0.5, 0.6) is 0 Å². The van der Waals surface area contributed by atoms with Crippen molar-refractivity contribution >= 4 is 23.3 Å². The third kappa shape index (κ3) is 7.67. The van der Waals surface area contributed by atoms with E-state index in [0.29, 0.717) is 11.4 Å². The standard InChI is InChI=1S/C17H27N3O2/c1-4-5-6-7-8-13(2)18-17(22)20-16-11-9-15(10-12-16)19-14(3)21/h9-13H,4-8H2,1-3H3,(H,19,21)(H2,18,20,22)/t13-/m0/s1. The highest BCUT2D eigenvalue weighted by atomic mass is 16.2.